The molecule has 3 atom stereocenters. The fourth-order valence-electron chi connectivity index (χ4n) is 4.70. The molecule has 0 saturated carbocycles. The van der Waals surface area contributed by atoms with Crippen molar-refractivity contribution >= 4 is 5.69 Å². The monoisotopic (exact) mass is 383 g/mol. The Kier molecular flexibility index (Phi) is 3.76. The van der Waals surface area contributed by atoms with Gasteiger partial charge < -0.3 is 19.5 Å². The van der Waals surface area contributed by atoms with Crippen molar-refractivity contribution in [2.45, 2.75) is 18.4 Å². The fourth-order valence-corrected chi connectivity index (χ4v) is 4.70. The Balaban J connectivity index is 1.34. The number of anilines is 1. The van der Waals surface area contributed by atoms with E-state index in [1.807, 2.05) is 42.5 Å². The molecule has 0 spiro atoms. The highest BCUT2D eigenvalue weighted by Gasteiger charge is 2.38. The van der Waals surface area contributed by atoms with Gasteiger partial charge >= 0.3 is 0 Å². The van der Waals surface area contributed by atoms with Crippen LogP contribution in [0.2, 0.25) is 0 Å². The number of para-hydroxylation sites is 1. The molecule has 1 aliphatic carbocycles. The largest absolute Gasteiger partial charge is 0.457 e. The molecule has 0 unspecified atom stereocenters. The van der Waals surface area contributed by atoms with E-state index in [1.165, 1.54) is 16.8 Å². The SMILES string of the molecule is C1=C[C@H]2c3cc(Oc4ccccc4)ccc3N[C@@H](c3ccc4c(c3)OCO4)[C@H]2C1. The van der Waals surface area contributed by atoms with E-state index >= 15 is 0 Å². The first kappa shape index (κ1) is 16.5. The number of hydrogen-bond acceptors (Lipinski definition) is 4. The molecule has 4 heteroatoms. The lowest BCUT2D eigenvalue weighted by atomic mass is 9.77. The van der Waals surface area contributed by atoms with Gasteiger partial charge in [-0.15, -0.1) is 0 Å². The summed E-state index contributed by atoms with van der Waals surface area (Å²) < 4.78 is 17.2. The van der Waals surface area contributed by atoms with Crippen LogP contribution < -0.4 is 19.5 Å². The van der Waals surface area contributed by atoms with Crippen LogP contribution in [0, 0.1) is 5.92 Å². The molecule has 4 nitrogen and oxygen atoms in total. The van der Waals surface area contributed by atoms with Crippen molar-refractivity contribution in [1.29, 1.82) is 0 Å². The Bertz CT molecular complexity index is 1090. The van der Waals surface area contributed by atoms with Crippen LogP contribution in [0.4, 0.5) is 5.69 Å². The van der Waals surface area contributed by atoms with Gasteiger partial charge in [0.1, 0.15) is 11.5 Å². The smallest absolute Gasteiger partial charge is 0.231 e. The first-order chi connectivity index (χ1) is 14.3. The maximum absolute atomic E-state index is 6.07. The minimum Gasteiger partial charge on any atom is -0.457 e. The van der Waals surface area contributed by atoms with Crippen LogP contribution in [0.3, 0.4) is 0 Å². The van der Waals surface area contributed by atoms with E-state index in [-0.39, 0.29) is 6.04 Å². The van der Waals surface area contributed by atoms with E-state index in [0.29, 0.717) is 18.6 Å². The third kappa shape index (κ3) is 2.83. The topological polar surface area (TPSA) is 39.7 Å². The Labute approximate surface area is 169 Å². The molecule has 29 heavy (non-hydrogen) atoms. The number of allylic oxidation sites excluding steroid dienone is 2. The number of ether oxygens (including phenoxy) is 3. The lowest BCUT2D eigenvalue weighted by Crippen LogP contribution is -2.29. The summed E-state index contributed by atoms with van der Waals surface area (Å²) in [4.78, 5) is 0. The molecule has 0 saturated heterocycles. The molecule has 0 fully saturated rings. The first-order valence-corrected chi connectivity index (χ1v) is 10.0. The second kappa shape index (κ2) is 6.59. The fraction of sp³-hybridized carbons (Fsp3) is 0.200. The van der Waals surface area contributed by atoms with Crippen LogP contribution in [-0.4, -0.2) is 6.79 Å². The standard InChI is InChI=1S/C25H21NO3/c1-2-5-17(6-3-1)29-18-10-11-22-21(14-18)19-7-4-8-20(19)25(26-22)16-9-12-23-24(13-16)28-15-27-23/h1-7,9-14,19-20,25-26H,8,15H2/t19-,20+,25+/m1/s1. The highest BCUT2D eigenvalue weighted by molar-refractivity contribution is 5.62. The molecule has 3 aliphatic rings. The van der Waals surface area contributed by atoms with Gasteiger partial charge in [0.2, 0.25) is 6.79 Å². The highest BCUT2D eigenvalue weighted by Crippen LogP contribution is 2.51. The Morgan fingerprint density at radius 1 is 0.862 bits per heavy atom. The van der Waals surface area contributed by atoms with Crippen molar-refractivity contribution in [2.24, 2.45) is 5.92 Å². The van der Waals surface area contributed by atoms with Crippen molar-refractivity contribution in [3.8, 4) is 23.0 Å². The van der Waals surface area contributed by atoms with Crippen LogP contribution in [0.5, 0.6) is 23.0 Å². The number of hydrogen-bond donors (Lipinski definition) is 1. The van der Waals surface area contributed by atoms with E-state index in [0.717, 1.165) is 29.4 Å². The van der Waals surface area contributed by atoms with Gasteiger partial charge in [-0.25, -0.2) is 0 Å². The van der Waals surface area contributed by atoms with E-state index in [1.54, 1.807) is 0 Å². The minimum absolute atomic E-state index is 0.234. The summed E-state index contributed by atoms with van der Waals surface area (Å²) in [6.07, 6.45) is 5.70. The van der Waals surface area contributed by atoms with Crippen molar-refractivity contribution in [3.05, 3.63) is 90.0 Å². The van der Waals surface area contributed by atoms with Gasteiger partial charge in [0.05, 0.1) is 6.04 Å². The molecular weight excluding hydrogens is 362 g/mol. The van der Waals surface area contributed by atoms with Crippen LogP contribution >= 0.6 is 0 Å². The molecule has 1 N–H and O–H groups in total. The molecule has 0 aromatic heterocycles. The Morgan fingerprint density at radius 3 is 2.69 bits per heavy atom. The molecule has 144 valence electrons. The lowest BCUT2D eigenvalue weighted by Gasteiger charge is -2.37. The molecule has 3 aromatic carbocycles. The number of benzene rings is 3. The van der Waals surface area contributed by atoms with Crippen LogP contribution in [0.15, 0.2) is 78.9 Å². The average molecular weight is 383 g/mol. The van der Waals surface area contributed by atoms with Gasteiger partial charge in [0.15, 0.2) is 11.5 Å². The van der Waals surface area contributed by atoms with Gasteiger partial charge in [-0.3, -0.25) is 0 Å². The van der Waals surface area contributed by atoms with Gasteiger partial charge in [-0.05, 0) is 65.9 Å². The molecule has 0 bridgehead atoms. The van der Waals surface area contributed by atoms with Crippen LogP contribution in [0.1, 0.15) is 29.5 Å². The van der Waals surface area contributed by atoms with Crippen LogP contribution in [0.25, 0.3) is 0 Å². The zero-order valence-corrected chi connectivity index (χ0v) is 15.9. The normalized spacial score (nSPS) is 23.2. The molecule has 2 aliphatic heterocycles. The number of fused-ring (bicyclic) bond motifs is 4. The Morgan fingerprint density at radius 2 is 1.76 bits per heavy atom. The minimum atomic E-state index is 0.234. The lowest BCUT2D eigenvalue weighted by molar-refractivity contribution is 0.174. The van der Waals surface area contributed by atoms with Gasteiger partial charge in [-0.1, -0.05) is 36.4 Å². The second-order valence-corrected chi connectivity index (χ2v) is 7.75. The van der Waals surface area contributed by atoms with Crippen molar-refractivity contribution in [1.82, 2.24) is 0 Å². The van der Waals surface area contributed by atoms with E-state index in [2.05, 4.69) is 41.7 Å². The quantitative estimate of drug-likeness (QED) is 0.560. The predicted octanol–water partition coefficient (Wildman–Crippen LogP) is 6.03. The third-order valence-corrected chi connectivity index (χ3v) is 6.07. The third-order valence-electron chi connectivity index (χ3n) is 6.07. The summed E-state index contributed by atoms with van der Waals surface area (Å²) >= 11 is 0. The zero-order valence-electron chi connectivity index (χ0n) is 15.9. The average Bonchev–Trinajstić information content (AvgIpc) is 3.43. The van der Waals surface area contributed by atoms with Gasteiger partial charge in [-0.2, -0.15) is 0 Å². The Hall–Kier alpha value is -3.40. The second-order valence-electron chi connectivity index (χ2n) is 7.75. The first-order valence-electron chi connectivity index (χ1n) is 10.0. The maximum Gasteiger partial charge on any atom is 0.231 e. The summed E-state index contributed by atoms with van der Waals surface area (Å²) in [5.74, 6) is 4.24. The summed E-state index contributed by atoms with van der Waals surface area (Å²) in [6, 6.07) is 22.8. The zero-order chi connectivity index (χ0) is 19.2. The van der Waals surface area contributed by atoms with E-state index in [4.69, 9.17) is 14.2 Å². The highest BCUT2D eigenvalue weighted by atomic mass is 16.7. The number of nitrogens with one attached hydrogen (secondary N) is 1. The number of rotatable bonds is 3. The van der Waals surface area contributed by atoms with E-state index < -0.39 is 0 Å². The molecular formula is C25H21NO3. The van der Waals surface area contributed by atoms with Crippen molar-refractivity contribution < 1.29 is 14.2 Å². The summed E-state index contributed by atoms with van der Waals surface area (Å²) in [5.41, 5.74) is 3.71. The molecule has 2 heterocycles. The predicted molar refractivity (Wildman–Crippen MR) is 112 cm³/mol. The maximum atomic E-state index is 6.07. The van der Waals surface area contributed by atoms with Gasteiger partial charge in [0, 0.05) is 11.6 Å². The van der Waals surface area contributed by atoms with E-state index in [9.17, 15) is 0 Å². The molecule has 6 rings (SSSR count). The summed E-state index contributed by atoms with van der Waals surface area (Å²) in [5, 5.41) is 3.78. The van der Waals surface area contributed by atoms with Crippen LogP contribution in [-0.2, 0) is 0 Å². The summed E-state index contributed by atoms with van der Waals surface area (Å²) in [6.45, 7) is 0.303. The molecule has 3 aromatic rings. The van der Waals surface area contributed by atoms with Crippen molar-refractivity contribution in [3.63, 3.8) is 0 Å². The molecule has 0 radical (unpaired) electrons. The van der Waals surface area contributed by atoms with Crippen molar-refractivity contribution in [2.75, 3.05) is 12.1 Å². The summed E-state index contributed by atoms with van der Waals surface area (Å²) in [7, 11) is 0. The molecule has 0 amide bonds. The van der Waals surface area contributed by atoms with Gasteiger partial charge in [0.25, 0.3) is 0 Å².